The minimum atomic E-state index is -1.77. The number of rotatable bonds is 3. The molecular formula is C14H5FI3O4-. The van der Waals surface area contributed by atoms with E-state index in [2.05, 4.69) is 22.6 Å². The topological polar surface area (TPSA) is 66.4 Å². The van der Waals surface area contributed by atoms with Gasteiger partial charge in [0, 0.05) is 9.13 Å². The van der Waals surface area contributed by atoms with E-state index >= 15 is 0 Å². The van der Waals surface area contributed by atoms with E-state index in [1.54, 1.807) is 12.1 Å². The average molecular weight is 637 g/mol. The standard InChI is InChI=1S/C14H6FI3O4/c15-8-3-1-2-7(11(8)13(19)20)14(21)22-12-9(17)4-6(16)5-10(12)18/h1-5H,(H,19,20)/p-1. The highest BCUT2D eigenvalue weighted by molar-refractivity contribution is 14.1. The second-order valence-corrected chi connectivity index (χ2v) is 7.61. The maximum absolute atomic E-state index is 13.6. The molecule has 114 valence electrons. The van der Waals surface area contributed by atoms with Gasteiger partial charge < -0.3 is 14.6 Å². The zero-order chi connectivity index (χ0) is 16.4. The van der Waals surface area contributed by atoms with E-state index in [9.17, 15) is 19.1 Å². The number of esters is 1. The van der Waals surface area contributed by atoms with Crippen molar-refractivity contribution in [3.63, 3.8) is 0 Å². The molecule has 4 nitrogen and oxygen atoms in total. The number of hydrogen-bond acceptors (Lipinski definition) is 4. The molecule has 0 unspecified atom stereocenters. The van der Waals surface area contributed by atoms with Crippen LogP contribution in [0, 0.1) is 16.5 Å². The number of benzene rings is 2. The molecule has 0 saturated carbocycles. The summed E-state index contributed by atoms with van der Waals surface area (Å²) in [5, 5.41) is 11.0. The fraction of sp³-hybridized carbons (Fsp3) is 0. The minimum Gasteiger partial charge on any atom is -0.545 e. The van der Waals surface area contributed by atoms with Crippen LogP contribution in [0.3, 0.4) is 0 Å². The number of ether oxygens (including phenoxy) is 1. The van der Waals surface area contributed by atoms with E-state index in [0.29, 0.717) is 12.9 Å². The summed E-state index contributed by atoms with van der Waals surface area (Å²) in [4.78, 5) is 23.2. The summed E-state index contributed by atoms with van der Waals surface area (Å²) in [7, 11) is 0. The van der Waals surface area contributed by atoms with Gasteiger partial charge in [0.1, 0.15) is 5.82 Å². The van der Waals surface area contributed by atoms with Crippen molar-refractivity contribution in [1.82, 2.24) is 0 Å². The molecule has 0 aliphatic rings. The summed E-state index contributed by atoms with van der Waals surface area (Å²) < 4.78 is 21.2. The molecule has 0 fully saturated rings. The molecular weight excluding hydrogens is 632 g/mol. The van der Waals surface area contributed by atoms with Crippen molar-refractivity contribution in [2.24, 2.45) is 0 Å². The molecule has 2 rings (SSSR count). The molecule has 8 heteroatoms. The molecule has 0 amide bonds. The number of hydrogen-bond donors (Lipinski definition) is 0. The van der Waals surface area contributed by atoms with Crippen molar-refractivity contribution < 1.29 is 23.8 Å². The number of carboxylic acids is 1. The summed E-state index contributed by atoms with van der Waals surface area (Å²) in [5.41, 5.74) is -1.19. The first-order valence-corrected chi connectivity index (χ1v) is 8.91. The monoisotopic (exact) mass is 637 g/mol. The third kappa shape index (κ3) is 3.88. The molecule has 22 heavy (non-hydrogen) atoms. The van der Waals surface area contributed by atoms with Gasteiger partial charge in [0.2, 0.25) is 0 Å². The Balaban J connectivity index is 2.43. The van der Waals surface area contributed by atoms with Crippen LogP contribution in [0.2, 0.25) is 0 Å². The summed E-state index contributed by atoms with van der Waals surface area (Å²) in [6.07, 6.45) is 0. The zero-order valence-corrected chi connectivity index (χ0v) is 17.0. The Labute approximate surface area is 165 Å². The maximum Gasteiger partial charge on any atom is 0.344 e. The quantitative estimate of drug-likeness (QED) is 0.295. The van der Waals surface area contributed by atoms with Gasteiger partial charge in [-0.3, -0.25) is 0 Å². The van der Waals surface area contributed by atoms with Gasteiger partial charge in [-0.05, 0) is 92.0 Å². The maximum atomic E-state index is 13.6. The highest BCUT2D eigenvalue weighted by Crippen LogP contribution is 2.30. The molecule has 0 atom stereocenters. The number of aromatic carboxylic acids is 1. The smallest absolute Gasteiger partial charge is 0.344 e. The van der Waals surface area contributed by atoms with Crippen LogP contribution in [0.25, 0.3) is 0 Å². The lowest BCUT2D eigenvalue weighted by molar-refractivity contribution is -0.255. The molecule has 0 aliphatic carbocycles. The van der Waals surface area contributed by atoms with E-state index < -0.39 is 23.3 Å². The van der Waals surface area contributed by atoms with E-state index in [4.69, 9.17) is 4.74 Å². The van der Waals surface area contributed by atoms with Crippen LogP contribution in [-0.2, 0) is 0 Å². The van der Waals surface area contributed by atoms with Crippen molar-refractivity contribution in [2.45, 2.75) is 0 Å². The Morgan fingerprint density at radius 3 is 2.23 bits per heavy atom. The molecule has 0 bridgehead atoms. The van der Waals surface area contributed by atoms with Crippen LogP contribution < -0.4 is 9.84 Å². The van der Waals surface area contributed by atoms with Gasteiger partial charge in [-0.15, -0.1) is 0 Å². The number of carboxylic acid groups (broad SMARTS) is 1. The first-order chi connectivity index (χ1) is 10.3. The van der Waals surface area contributed by atoms with Gasteiger partial charge in [0.25, 0.3) is 0 Å². The normalized spacial score (nSPS) is 10.4. The Kier molecular flexibility index (Phi) is 5.99. The van der Waals surface area contributed by atoms with Gasteiger partial charge >= 0.3 is 5.97 Å². The third-order valence-electron chi connectivity index (χ3n) is 2.60. The lowest BCUT2D eigenvalue weighted by Gasteiger charge is -2.13. The second-order valence-electron chi connectivity index (χ2n) is 4.04. The Morgan fingerprint density at radius 1 is 1.09 bits per heavy atom. The predicted molar refractivity (Wildman–Crippen MR) is 100 cm³/mol. The summed E-state index contributed by atoms with van der Waals surface area (Å²) >= 11 is 6.13. The van der Waals surface area contributed by atoms with Crippen molar-refractivity contribution in [2.75, 3.05) is 0 Å². The van der Waals surface area contributed by atoms with Gasteiger partial charge in [0.05, 0.1) is 18.7 Å². The molecule has 0 heterocycles. The van der Waals surface area contributed by atoms with Gasteiger partial charge in [0.15, 0.2) is 5.75 Å². The summed E-state index contributed by atoms with van der Waals surface area (Å²) in [5.74, 6) is -3.45. The highest BCUT2D eigenvalue weighted by Gasteiger charge is 2.20. The number of carbonyl (C=O) groups excluding carboxylic acids is 2. The van der Waals surface area contributed by atoms with Crippen LogP contribution in [0.4, 0.5) is 4.39 Å². The fourth-order valence-electron chi connectivity index (χ4n) is 1.68. The van der Waals surface area contributed by atoms with E-state index in [1.165, 1.54) is 12.1 Å². The molecule has 0 aromatic heterocycles. The van der Waals surface area contributed by atoms with E-state index in [0.717, 1.165) is 9.64 Å². The zero-order valence-electron chi connectivity index (χ0n) is 10.5. The highest BCUT2D eigenvalue weighted by atomic mass is 127. The van der Waals surface area contributed by atoms with Gasteiger partial charge in [-0.2, -0.15) is 0 Å². The molecule has 2 aromatic carbocycles. The molecule has 0 aliphatic heterocycles. The lowest BCUT2D eigenvalue weighted by atomic mass is 10.1. The van der Waals surface area contributed by atoms with Crippen molar-refractivity contribution in [3.8, 4) is 5.75 Å². The number of carbonyl (C=O) groups is 2. The van der Waals surface area contributed by atoms with Crippen LogP contribution in [-0.4, -0.2) is 11.9 Å². The first-order valence-electron chi connectivity index (χ1n) is 5.68. The molecule has 0 radical (unpaired) electrons. The Hall–Kier alpha value is -0.500. The van der Waals surface area contributed by atoms with E-state index in [1.807, 2.05) is 45.2 Å². The van der Waals surface area contributed by atoms with Gasteiger partial charge in [-0.1, -0.05) is 6.07 Å². The third-order valence-corrected chi connectivity index (χ3v) is 4.82. The van der Waals surface area contributed by atoms with Crippen LogP contribution in [0.5, 0.6) is 5.75 Å². The lowest BCUT2D eigenvalue weighted by Crippen LogP contribution is -2.27. The fourth-order valence-corrected chi connectivity index (χ4v) is 5.48. The largest absolute Gasteiger partial charge is 0.545 e. The van der Waals surface area contributed by atoms with Crippen LogP contribution in [0.15, 0.2) is 30.3 Å². The van der Waals surface area contributed by atoms with Crippen molar-refractivity contribution in [3.05, 3.63) is 58.0 Å². The SMILES string of the molecule is O=C(Oc1c(I)cc(I)cc1I)c1cccc(F)c1C(=O)[O-]. The predicted octanol–water partition coefficient (Wildman–Crippen LogP) is 3.22. The van der Waals surface area contributed by atoms with Gasteiger partial charge in [-0.25, -0.2) is 9.18 Å². The van der Waals surface area contributed by atoms with Crippen LogP contribution in [0.1, 0.15) is 20.7 Å². The molecule has 0 N–H and O–H groups in total. The second kappa shape index (κ2) is 7.38. The number of halogens is 4. The van der Waals surface area contributed by atoms with Crippen LogP contribution >= 0.6 is 67.8 Å². The summed E-state index contributed by atoms with van der Waals surface area (Å²) in [6.45, 7) is 0. The molecule has 0 saturated heterocycles. The minimum absolute atomic E-state index is 0.306. The molecule has 2 aromatic rings. The van der Waals surface area contributed by atoms with Crippen molar-refractivity contribution >= 4 is 79.7 Å². The van der Waals surface area contributed by atoms with Crippen molar-refractivity contribution in [1.29, 1.82) is 0 Å². The van der Waals surface area contributed by atoms with E-state index in [-0.39, 0.29) is 5.56 Å². The summed E-state index contributed by atoms with van der Waals surface area (Å²) in [6, 6.07) is 6.97. The first kappa shape index (κ1) is 17.8. The average Bonchev–Trinajstić information content (AvgIpc) is 2.41. The Morgan fingerprint density at radius 2 is 1.68 bits per heavy atom. The Bertz CT molecular complexity index is 754. The molecule has 0 spiro atoms.